The summed E-state index contributed by atoms with van der Waals surface area (Å²) in [5.74, 6) is 5.88. The average molecular weight is 507 g/mol. The van der Waals surface area contributed by atoms with Crippen LogP contribution in [0.3, 0.4) is 0 Å². The van der Waals surface area contributed by atoms with Crippen LogP contribution in [-0.4, -0.2) is 38.5 Å². The summed E-state index contributed by atoms with van der Waals surface area (Å²) in [5, 5.41) is 3.83. The van der Waals surface area contributed by atoms with Crippen LogP contribution in [0, 0.1) is 0 Å². The van der Waals surface area contributed by atoms with Gasteiger partial charge in [-0.15, -0.1) is 0 Å². The van der Waals surface area contributed by atoms with Gasteiger partial charge in [-0.2, -0.15) is 5.10 Å². The Morgan fingerprint density at radius 3 is 1.84 bits per heavy atom. The van der Waals surface area contributed by atoms with E-state index in [0.717, 1.165) is 17.6 Å². The van der Waals surface area contributed by atoms with E-state index in [2.05, 4.69) is 10.5 Å². The average Bonchev–Trinajstić information content (AvgIpc) is 3.69. The second-order valence-corrected chi connectivity index (χ2v) is 6.80. The van der Waals surface area contributed by atoms with Crippen molar-refractivity contribution in [3.8, 4) is 11.5 Å². The van der Waals surface area contributed by atoms with Crippen LogP contribution in [0.4, 0.5) is 0 Å². The molecule has 0 aliphatic carbocycles. The number of rotatable bonds is 7. The summed E-state index contributed by atoms with van der Waals surface area (Å²) in [6.07, 6.45) is 5.16. The number of ether oxygens (including phenoxy) is 2. The fourth-order valence-electron chi connectivity index (χ4n) is 2.54. The van der Waals surface area contributed by atoms with Gasteiger partial charge in [-0.05, 0) is 54.1 Å². The van der Waals surface area contributed by atoms with Crippen molar-refractivity contribution < 1.29 is 32.7 Å². The molecule has 0 saturated carbocycles. The van der Waals surface area contributed by atoms with E-state index >= 15 is 0 Å². The molecule has 0 atom stereocenters. The summed E-state index contributed by atoms with van der Waals surface area (Å²) in [6, 6.07) is 20.7. The van der Waals surface area contributed by atoms with E-state index in [1.807, 2.05) is 29.7 Å². The molecular weight excluding hydrogens is 480 g/mol. The Labute approximate surface area is 212 Å². The van der Waals surface area contributed by atoms with E-state index in [-0.39, 0.29) is 17.4 Å². The highest BCUT2D eigenvalue weighted by Crippen LogP contribution is 2.11. The van der Waals surface area contributed by atoms with E-state index < -0.39 is 5.91 Å². The number of carbonyl (C=O) groups is 3. The Balaban J connectivity index is 0.000000214. The first-order chi connectivity index (χ1) is 18.0. The second-order valence-electron chi connectivity index (χ2n) is 6.80. The van der Waals surface area contributed by atoms with Crippen LogP contribution in [-0.2, 0) is 0 Å². The van der Waals surface area contributed by atoms with E-state index in [9.17, 15) is 14.4 Å². The fraction of sp³-hybridized carbons (Fsp3) is 0.0769. The second kappa shape index (κ2) is 15.7. The summed E-state index contributed by atoms with van der Waals surface area (Å²) in [4.78, 5) is 32.2. The van der Waals surface area contributed by atoms with Crippen LogP contribution in [0.2, 0.25) is 0 Å². The smallest absolute Gasteiger partial charge is 0.307 e. The molecule has 2 aromatic heterocycles. The Morgan fingerprint density at radius 1 is 0.811 bits per heavy atom. The van der Waals surface area contributed by atoms with Gasteiger partial charge in [0, 0.05) is 5.56 Å². The number of hydrazine groups is 1. The number of nitrogens with one attached hydrogen (secondary N) is 2. The zero-order chi connectivity index (χ0) is 26.9. The number of nitrogens with zero attached hydrogens (tertiary/aromatic N) is 1. The van der Waals surface area contributed by atoms with Crippen LogP contribution in [0.15, 0.2) is 99.3 Å². The highest BCUT2D eigenvalue weighted by molar-refractivity contribution is 5.92. The number of nitrogen functional groups attached to an aromatic ring is 1. The number of hydrogen-bond donors (Lipinski definition) is 3. The Morgan fingerprint density at radius 2 is 1.35 bits per heavy atom. The number of amides is 2. The molecule has 0 aliphatic heterocycles. The maximum absolute atomic E-state index is 11.5. The van der Waals surface area contributed by atoms with Crippen LogP contribution in [0.1, 0.15) is 37.0 Å². The first kappa shape index (κ1) is 28.1. The van der Waals surface area contributed by atoms with Gasteiger partial charge in [0.1, 0.15) is 17.8 Å². The quantitative estimate of drug-likeness (QED) is 0.113. The largest absolute Gasteiger partial charge is 0.497 e. The molecule has 4 N–H and O–H groups in total. The Kier molecular flexibility index (Phi) is 11.9. The lowest BCUT2D eigenvalue weighted by atomic mass is 10.2. The van der Waals surface area contributed by atoms with Gasteiger partial charge in [0.05, 0.1) is 33.0 Å². The number of carbonyl (C=O) groups excluding carboxylic acids is 3. The summed E-state index contributed by atoms with van der Waals surface area (Å²) in [7, 11) is 3.17. The molecular formula is C26H26N4O7. The minimum absolute atomic E-state index is 0.220. The fourth-order valence-corrected chi connectivity index (χ4v) is 2.54. The van der Waals surface area contributed by atoms with Crippen molar-refractivity contribution >= 4 is 24.3 Å². The van der Waals surface area contributed by atoms with Crippen molar-refractivity contribution in [1.82, 2.24) is 10.9 Å². The SMILES string of the molecule is COc1cccc(/C=N/NC(=O)c2ccco2)c1.COc1cccc(C=O)c1.NNC(=O)c1ccco1. The number of furan rings is 2. The molecule has 2 aromatic carbocycles. The zero-order valence-electron chi connectivity index (χ0n) is 20.1. The van der Waals surface area contributed by atoms with Crippen molar-refractivity contribution in [2.45, 2.75) is 0 Å². The van der Waals surface area contributed by atoms with Gasteiger partial charge in [-0.25, -0.2) is 11.3 Å². The number of hydrazone groups is 1. The standard InChI is InChI=1S/C13H12N2O3.C8H8O2.C5H6N2O2/c1-17-11-5-2-4-10(8-11)9-14-15-13(16)12-6-3-7-18-12;1-10-8-4-2-3-7(5-8)6-9;6-7-5(8)4-2-1-3-9-4/h2-9H,1H3,(H,15,16);2-6H,1H3;1-3H,6H2,(H,7,8)/b14-9+;;. The van der Waals surface area contributed by atoms with Crippen LogP contribution >= 0.6 is 0 Å². The number of methoxy groups -OCH3 is 2. The summed E-state index contributed by atoms with van der Waals surface area (Å²) >= 11 is 0. The Bertz CT molecular complexity index is 1270. The van der Waals surface area contributed by atoms with Crippen LogP contribution < -0.4 is 26.2 Å². The molecule has 0 saturated heterocycles. The van der Waals surface area contributed by atoms with Gasteiger partial charge in [-0.1, -0.05) is 24.3 Å². The maximum atomic E-state index is 11.5. The predicted octanol–water partition coefficient (Wildman–Crippen LogP) is 3.44. The number of hydrogen-bond acceptors (Lipinski definition) is 9. The molecule has 0 radical (unpaired) electrons. The molecule has 0 aliphatic rings. The predicted molar refractivity (Wildman–Crippen MR) is 136 cm³/mol. The first-order valence-corrected chi connectivity index (χ1v) is 10.6. The molecule has 37 heavy (non-hydrogen) atoms. The third-order valence-corrected chi connectivity index (χ3v) is 4.32. The van der Waals surface area contributed by atoms with E-state index in [0.29, 0.717) is 11.3 Å². The van der Waals surface area contributed by atoms with E-state index in [4.69, 9.17) is 24.2 Å². The van der Waals surface area contributed by atoms with Gasteiger partial charge >= 0.3 is 11.8 Å². The lowest BCUT2D eigenvalue weighted by Crippen LogP contribution is -2.29. The molecule has 11 heteroatoms. The minimum atomic E-state index is -0.417. The van der Waals surface area contributed by atoms with Gasteiger partial charge in [-0.3, -0.25) is 19.8 Å². The van der Waals surface area contributed by atoms with Gasteiger partial charge in [0.2, 0.25) is 0 Å². The van der Waals surface area contributed by atoms with Crippen molar-refractivity contribution in [2.24, 2.45) is 10.9 Å². The highest BCUT2D eigenvalue weighted by atomic mass is 16.5. The van der Waals surface area contributed by atoms with E-state index in [1.165, 1.54) is 24.8 Å². The molecule has 2 heterocycles. The van der Waals surface area contributed by atoms with E-state index in [1.54, 1.807) is 56.7 Å². The molecule has 192 valence electrons. The summed E-state index contributed by atoms with van der Waals surface area (Å²) in [6.45, 7) is 0. The molecule has 0 unspecified atom stereocenters. The summed E-state index contributed by atoms with van der Waals surface area (Å²) < 4.78 is 19.6. The molecule has 0 fully saturated rings. The zero-order valence-corrected chi connectivity index (χ0v) is 20.1. The Hall–Kier alpha value is -5.16. The highest BCUT2D eigenvalue weighted by Gasteiger charge is 2.05. The third-order valence-electron chi connectivity index (χ3n) is 4.32. The number of benzene rings is 2. The van der Waals surface area contributed by atoms with Crippen molar-refractivity contribution in [3.05, 3.63) is 108 Å². The monoisotopic (exact) mass is 506 g/mol. The van der Waals surface area contributed by atoms with Crippen molar-refractivity contribution in [3.63, 3.8) is 0 Å². The topological polar surface area (TPSA) is 158 Å². The van der Waals surface area contributed by atoms with Crippen LogP contribution in [0.5, 0.6) is 11.5 Å². The minimum Gasteiger partial charge on any atom is -0.497 e. The summed E-state index contributed by atoms with van der Waals surface area (Å²) in [5.41, 5.74) is 5.77. The van der Waals surface area contributed by atoms with Crippen LogP contribution in [0.25, 0.3) is 0 Å². The normalized spacial score (nSPS) is 9.70. The maximum Gasteiger partial charge on any atom is 0.307 e. The molecule has 4 rings (SSSR count). The van der Waals surface area contributed by atoms with Crippen molar-refractivity contribution in [2.75, 3.05) is 14.2 Å². The third kappa shape index (κ3) is 9.92. The van der Waals surface area contributed by atoms with Gasteiger partial charge in [0.25, 0.3) is 0 Å². The van der Waals surface area contributed by atoms with Crippen molar-refractivity contribution in [1.29, 1.82) is 0 Å². The first-order valence-electron chi connectivity index (χ1n) is 10.6. The molecule has 4 aromatic rings. The molecule has 11 nitrogen and oxygen atoms in total. The molecule has 0 spiro atoms. The lowest BCUT2D eigenvalue weighted by Gasteiger charge is -1.99. The molecule has 0 bridgehead atoms. The number of nitrogens with two attached hydrogens (primary N) is 1. The van der Waals surface area contributed by atoms with Gasteiger partial charge < -0.3 is 18.3 Å². The number of aldehydes is 1. The molecule has 2 amide bonds. The van der Waals surface area contributed by atoms with Gasteiger partial charge in [0.15, 0.2) is 11.5 Å². The lowest BCUT2D eigenvalue weighted by molar-refractivity contribution is 0.0919.